The summed E-state index contributed by atoms with van der Waals surface area (Å²) in [4.78, 5) is 17.9. The van der Waals surface area contributed by atoms with Crippen molar-refractivity contribution in [2.24, 2.45) is 4.99 Å². The molecular weight excluding hydrogens is 378 g/mol. The fourth-order valence-corrected chi connectivity index (χ4v) is 2.83. The Kier molecular flexibility index (Phi) is 4.66. The molecule has 2 heterocycles. The number of amides is 1. The zero-order chi connectivity index (χ0) is 19.1. The summed E-state index contributed by atoms with van der Waals surface area (Å²) in [7, 11) is 0. The molecule has 5 nitrogen and oxygen atoms in total. The molecule has 0 saturated heterocycles. The zero-order valence-electron chi connectivity index (χ0n) is 13.2. The van der Waals surface area contributed by atoms with Gasteiger partial charge in [0.1, 0.15) is 23.9 Å². The zero-order valence-corrected chi connectivity index (χ0v) is 13.9. The first-order valence-electron chi connectivity index (χ1n) is 7.41. The fraction of sp³-hybridized carbons (Fsp3) is 0.250. The summed E-state index contributed by atoms with van der Waals surface area (Å²) in [5.74, 6) is -2.19. The van der Waals surface area contributed by atoms with Gasteiger partial charge in [-0.1, -0.05) is 24.3 Å². The predicted octanol–water partition coefficient (Wildman–Crippen LogP) is 3.51. The molecule has 0 N–H and O–H groups in total. The fourth-order valence-electron chi connectivity index (χ4n) is 2.62. The molecule has 0 atom stereocenters. The van der Waals surface area contributed by atoms with Crippen molar-refractivity contribution in [2.75, 3.05) is 24.6 Å². The highest BCUT2D eigenvalue weighted by atomic mass is 35.5. The second-order valence-electron chi connectivity index (χ2n) is 5.37. The lowest BCUT2D eigenvalue weighted by Crippen LogP contribution is -2.51. The van der Waals surface area contributed by atoms with Crippen LogP contribution in [0.4, 0.5) is 23.2 Å². The van der Waals surface area contributed by atoms with Crippen LogP contribution in [0.2, 0.25) is 5.02 Å². The van der Waals surface area contributed by atoms with E-state index in [-0.39, 0.29) is 42.1 Å². The van der Waals surface area contributed by atoms with E-state index < -0.39 is 23.6 Å². The van der Waals surface area contributed by atoms with Crippen molar-refractivity contribution in [1.82, 2.24) is 4.90 Å². The van der Waals surface area contributed by atoms with Crippen LogP contribution in [0, 0.1) is 5.82 Å². The molecule has 0 unspecified atom stereocenters. The van der Waals surface area contributed by atoms with Crippen LogP contribution < -0.4 is 9.64 Å². The summed E-state index contributed by atoms with van der Waals surface area (Å²) in [6.07, 6.45) is -2.88. The van der Waals surface area contributed by atoms with Gasteiger partial charge in [0.05, 0.1) is 17.3 Å². The lowest BCUT2D eigenvalue weighted by atomic mass is 10.2. The van der Waals surface area contributed by atoms with Crippen LogP contribution in [0.15, 0.2) is 41.6 Å². The van der Waals surface area contributed by atoms with Gasteiger partial charge in [-0.3, -0.25) is 9.79 Å². The van der Waals surface area contributed by atoms with Gasteiger partial charge >= 0.3 is 6.18 Å². The Morgan fingerprint density at radius 3 is 2.77 bits per heavy atom. The molecule has 10 heteroatoms. The van der Waals surface area contributed by atoms with Crippen LogP contribution in [0.3, 0.4) is 0 Å². The highest BCUT2D eigenvalue weighted by molar-refractivity contribution is 6.32. The van der Waals surface area contributed by atoms with Gasteiger partial charge in [-0.15, -0.1) is 0 Å². The number of nitrogens with zero attached hydrogens (tertiary/aromatic N) is 3. The minimum atomic E-state index is -4.73. The highest BCUT2D eigenvalue weighted by Gasteiger charge is 2.47. The smallest absolute Gasteiger partial charge is 0.431 e. The van der Waals surface area contributed by atoms with Crippen molar-refractivity contribution in [3.8, 4) is 5.75 Å². The number of aliphatic imine (C=N–C) groups is 1. The Morgan fingerprint density at radius 2 is 2.12 bits per heavy atom. The van der Waals surface area contributed by atoms with Gasteiger partial charge in [0, 0.05) is 18.7 Å². The molecule has 1 amide bonds. The van der Waals surface area contributed by atoms with Crippen LogP contribution in [0.5, 0.6) is 5.75 Å². The summed E-state index contributed by atoms with van der Waals surface area (Å²) in [5, 5.41) is -0.0469. The molecule has 1 aromatic rings. The van der Waals surface area contributed by atoms with E-state index in [4.69, 9.17) is 16.3 Å². The monoisotopic (exact) mass is 389 g/mol. The first-order chi connectivity index (χ1) is 12.2. The molecule has 0 saturated carbocycles. The predicted molar refractivity (Wildman–Crippen MR) is 87.7 cm³/mol. The van der Waals surface area contributed by atoms with Crippen LogP contribution in [-0.2, 0) is 4.79 Å². The van der Waals surface area contributed by atoms with Crippen molar-refractivity contribution >= 4 is 29.2 Å². The molecule has 138 valence electrons. The molecule has 0 aromatic heterocycles. The van der Waals surface area contributed by atoms with Crippen molar-refractivity contribution in [2.45, 2.75) is 6.18 Å². The standard InChI is InChI=1S/C16H12ClF4N3O2/c1-2-5-26-12-7-11(10(18)6-9(12)17)24-14(25)8-13(16(19,20)21)23-4-3-22-15(23)24/h2,6-8H,1,3-5H2. The van der Waals surface area contributed by atoms with E-state index in [0.717, 1.165) is 21.9 Å². The number of anilines is 1. The van der Waals surface area contributed by atoms with Gasteiger partial charge in [-0.25, -0.2) is 9.29 Å². The number of carbonyl (C=O) groups excluding carboxylic acids is 1. The van der Waals surface area contributed by atoms with Crippen molar-refractivity contribution in [1.29, 1.82) is 0 Å². The summed E-state index contributed by atoms with van der Waals surface area (Å²) in [6, 6.07) is 2.07. The topological polar surface area (TPSA) is 45.1 Å². The number of allylic oxidation sites excluding steroid dienone is 1. The van der Waals surface area contributed by atoms with Crippen molar-refractivity contribution in [3.63, 3.8) is 0 Å². The molecule has 0 spiro atoms. The lowest BCUT2D eigenvalue weighted by Gasteiger charge is -2.35. The Bertz CT molecular complexity index is 836. The molecule has 3 rings (SSSR count). The molecule has 2 aliphatic rings. The minimum absolute atomic E-state index is 0.0432. The molecule has 0 aliphatic carbocycles. The average Bonchev–Trinajstić information content (AvgIpc) is 3.02. The lowest BCUT2D eigenvalue weighted by molar-refractivity contribution is -0.119. The maximum atomic E-state index is 14.4. The van der Waals surface area contributed by atoms with Gasteiger partial charge in [0.15, 0.2) is 0 Å². The highest BCUT2D eigenvalue weighted by Crippen LogP contribution is 2.38. The Balaban J connectivity index is 2.08. The van der Waals surface area contributed by atoms with Gasteiger partial charge < -0.3 is 9.64 Å². The minimum Gasteiger partial charge on any atom is -0.488 e. The Hall–Kier alpha value is -2.55. The number of guanidine groups is 1. The summed E-state index contributed by atoms with van der Waals surface area (Å²) in [5.41, 5.74) is -1.44. The van der Waals surface area contributed by atoms with E-state index in [1.54, 1.807) is 0 Å². The maximum absolute atomic E-state index is 14.4. The Labute approximate surface area is 150 Å². The number of carbonyl (C=O) groups is 1. The third-order valence-electron chi connectivity index (χ3n) is 3.68. The first-order valence-corrected chi connectivity index (χ1v) is 7.79. The number of alkyl halides is 3. The first kappa shape index (κ1) is 18.2. The van der Waals surface area contributed by atoms with Gasteiger partial charge in [0.25, 0.3) is 5.91 Å². The third kappa shape index (κ3) is 3.14. The van der Waals surface area contributed by atoms with E-state index in [9.17, 15) is 22.4 Å². The second kappa shape index (κ2) is 6.64. The van der Waals surface area contributed by atoms with Crippen LogP contribution >= 0.6 is 11.6 Å². The molecule has 2 aliphatic heterocycles. The average molecular weight is 390 g/mol. The summed E-state index contributed by atoms with van der Waals surface area (Å²) < 4.78 is 59.2. The Morgan fingerprint density at radius 1 is 1.38 bits per heavy atom. The van der Waals surface area contributed by atoms with E-state index in [0.29, 0.717) is 6.08 Å². The molecule has 1 aromatic carbocycles. The maximum Gasteiger partial charge on any atom is 0.431 e. The number of fused-ring (bicyclic) bond motifs is 1. The quantitative estimate of drug-likeness (QED) is 0.585. The van der Waals surface area contributed by atoms with E-state index >= 15 is 0 Å². The van der Waals surface area contributed by atoms with Crippen LogP contribution in [0.25, 0.3) is 0 Å². The van der Waals surface area contributed by atoms with Crippen molar-refractivity contribution in [3.05, 3.63) is 47.4 Å². The van der Waals surface area contributed by atoms with E-state index in [1.165, 1.54) is 6.08 Å². The largest absolute Gasteiger partial charge is 0.488 e. The number of hydrogen-bond donors (Lipinski definition) is 0. The summed E-state index contributed by atoms with van der Waals surface area (Å²) in [6.45, 7) is 3.52. The van der Waals surface area contributed by atoms with Crippen molar-refractivity contribution < 1.29 is 27.1 Å². The number of benzene rings is 1. The van der Waals surface area contributed by atoms with Crippen LogP contribution in [-0.4, -0.2) is 42.6 Å². The van der Waals surface area contributed by atoms with Gasteiger partial charge in [-0.2, -0.15) is 13.2 Å². The normalized spacial score (nSPS) is 17.0. The molecular formula is C16H12ClF4N3O2. The summed E-state index contributed by atoms with van der Waals surface area (Å²) >= 11 is 5.90. The number of ether oxygens (including phenoxy) is 1. The SMILES string of the molecule is C=CCOc1cc(N2C(=O)C=C(C(F)(F)F)N3CCN=C32)c(F)cc1Cl. The number of rotatable bonds is 4. The molecule has 26 heavy (non-hydrogen) atoms. The number of hydrogen-bond acceptors (Lipinski definition) is 4. The van der Waals surface area contributed by atoms with E-state index in [2.05, 4.69) is 11.6 Å². The van der Waals surface area contributed by atoms with Crippen LogP contribution in [0.1, 0.15) is 0 Å². The third-order valence-corrected chi connectivity index (χ3v) is 3.97. The molecule has 0 radical (unpaired) electrons. The number of halogens is 5. The molecule has 0 bridgehead atoms. The van der Waals surface area contributed by atoms with Gasteiger partial charge in [0.2, 0.25) is 5.96 Å². The molecule has 0 fully saturated rings. The van der Waals surface area contributed by atoms with Gasteiger partial charge in [-0.05, 0) is 6.07 Å². The second-order valence-corrected chi connectivity index (χ2v) is 5.78. The van der Waals surface area contributed by atoms with E-state index in [1.807, 2.05) is 0 Å².